The number of esters is 1. The number of methoxy groups -OCH3 is 1. The fraction of sp³-hybridized carbons (Fsp3) is 0.167. The first-order valence-corrected chi connectivity index (χ1v) is 8.50. The Morgan fingerprint density at radius 2 is 1.90 bits per heavy atom. The van der Waals surface area contributed by atoms with Gasteiger partial charge in [-0.05, 0) is 24.3 Å². The molecule has 0 saturated heterocycles. The lowest BCUT2D eigenvalue weighted by molar-refractivity contribution is -0.384. The summed E-state index contributed by atoms with van der Waals surface area (Å²) in [5.41, 5.74) is -0.0774. The van der Waals surface area contributed by atoms with Crippen LogP contribution in [0, 0.1) is 10.1 Å². The largest absolute Gasteiger partial charge is 0.495 e. The van der Waals surface area contributed by atoms with Gasteiger partial charge in [0.05, 0.1) is 17.7 Å². The van der Waals surface area contributed by atoms with Gasteiger partial charge in [0, 0.05) is 11.6 Å². The smallest absolute Gasteiger partial charge is 0.325 e. The second kappa shape index (κ2) is 10.0. The van der Waals surface area contributed by atoms with E-state index in [1.807, 2.05) is 0 Å². The van der Waals surface area contributed by atoms with Gasteiger partial charge in [-0.25, -0.2) is 0 Å². The van der Waals surface area contributed by atoms with Crippen LogP contribution < -0.4 is 15.4 Å². The Bertz CT molecular complexity index is 949. The predicted molar refractivity (Wildman–Crippen MR) is 103 cm³/mol. The number of benzene rings is 2. The monoisotopic (exact) mass is 421 g/mol. The minimum absolute atomic E-state index is 0.0529. The van der Waals surface area contributed by atoms with Gasteiger partial charge in [-0.2, -0.15) is 0 Å². The van der Waals surface area contributed by atoms with Gasteiger partial charge in [-0.3, -0.25) is 24.5 Å². The van der Waals surface area contributed by atoms with Crippen molar-refractivity contribution in [2.75, 3.05) is 25.6 Å². The van der Waals surface area contributed by atoms with Crippen LogP contribution in [0.3, 0.4) is 0 Å². The van der Waals surface area contributed by atoms with Crippen LogP contribution in [0.25, 0.3) is 0 Å². The second-order valence-corrected chi connectivity index (χ2v) is 5.92. The maximum absolute atomic E-state index is 12.0. The lowest BCUT2D eigenvalue weighted by Gasteiger charge is -2.10. The average molecular weight is 422 g/mol. The Labute approximate surface area is 169 Å². The van der Waals surface area contributed by atoms with Crippen LogP contribution in [0.1, 0.15) is 10.4 Å². The number of carbonyl (C=O) groups excluding carboxylic acids is 3. The summed E-state index contributed by atoms with van der Waals surface area (Å²) < 4.78 is 9.87. The number of nitro benzene ring substituents is 1. The fourth-order valence-electron chi connectivity index (χ4n) is 2.18. The van der Waals surface area contributed by atoms with Gasteiger partial charge in [0.15, 0.2) is 6.61 Å². The molecule has 0 heterocycles. The molecule has 0 radical (unpaired) electrons. The molecular weight excluding hydrogens is 406 g/mol. The van der Waals surface area contributed by atoms with Crippen LogP contribution >= 0.6 is 11.6 Å². The average Bonchev–Trinajstić information content (AvgIpc) is 2.71. The van der Waals surface area contributed by atoms with Crippen LogP contribution in [-0.2, 0) is 14.3 Å². The molecule has 2 aromatic rings. The number of nitrogens with one attached hydrogen (secondary N) is 2. The van der Waals surface area contributed by atoms with Crippen molar-refractivity contribution < 1.29 is 28.8 Å². The van der Waals surface area contributed by atoms with E-state index in [-0.39, 0.29) is 10.6 Å². The molecule has 0 unspecified atom stereocenters. The molecule has 0 aromatic heterocycles. The number of nitrogens with zero attached hydrogens (tertiary/aromatic N) is 1. The summed E-state index contributed by atoms with van der Waals surface area (Å²) in [5.74, 6) is -1.75. The summed E-state index contributed by atoms with van der Waals surface area (Å²) in [4.78, 5) is 45.7. The number of hydrogen-bond acceptors (Lipinski definition) is 7. The van der Waals surface area contributed by atoms with E-state index in [1.165, 1.54) is 19.2 Å². The van der Waals surface area contributed by atoms with Crippen molar-refractivity contribution in [3.8, 4) is 5.75 Å². The van der Waals surface area contributed by atoms with Crippen LogP contribution in [0.5, 0.6) is 5.75 Å². The molecule has 29 heavy (non-hydrogen) atoms. The number of hydrogen-bond donors (Lipinski definition) is 2. The minimum Gasteiger partial charge on any atom is -0.495 e. The molecule has 10 nitrogen and oxygen atoms in total. The summed E-state index contributed by atoms with van der Waals surface area (Å²) in [5, 5.41) is 15.5. The van der Waals surface area contributed by atoms with E-state index in [1.54, 1.807) is 24.3 Å². The maximum atomic E-state index is 12.0. The zero-order chi connectivity index (χ0) is 21.4. The van der Waals surface area contributed by atoms with Gasteiger partial charge in [-0.15, -0.1) is 0 Å². The number of anilines is 1. The molecule has 152 valence electrons. The highest BCUT2D eigenvalue weighted by atomic mass is 35.5. The Kier molecular flexibility index (Phi) is 7.49. The van der Waals surface area contributed by atoms with Crippen LogP contribution in [-0.4, -0.2) is 43.0 Å². The topological polar surface area (TPSA) is 137 Å². The number of carbonyl (C=O) groups is 3. The standard InChI is InChI=1S/C18H16ClN3O7/c1-28-15-5-3-2-4-13(15)21-16(23)10-29-17(24)9-20-18(25)11-6-7-12(19)14(8-11)22(26)27/h2-8H,9-10H2,1H3,(H,20,25)(H,21,23). The summed E-state index contributed by atoms with van der Waals surface area (Å²) in [7, 11) is 1.45. The highest BCUT2D eigenvalue weighted by Gasteiger charge is 2.17. The third-order valence-corrected chi connectivity index (χ3v) is 3.86. The molecule has 0 bridgehead atoms. The van der Waals surface area contributed by atoms with Crippen LogP contribution in [0.4, 0.5) is 11.4 Å². The zero-order valence-electron chi connectivity index (χ0n) is 15.1. The maximum Gasteiger partial charge on any atom is 0.325 e. The highest BCUT2D eigenvalue weighted by Crippen LogP contribution is 2.25. The van der Waals surface area contributed by atoms with E-state index in [2.05, 4.69) is 10.6 Å². The number of halogens is 1. The van der Waals surface area contributed by atoms with Crippen molar-refractivity contribution in [1.82, 2.24) is 5.32 Å². The molecule has 0 saturated carbocycles. The summed E-state index contributed by atoms with van der Waals surface area (Å²) in [6.45, 7) is -1.10. The highest BCUT2D eigenvalue weighted by molar-refractivity contribution is 6.32. The van der Waals surface area contributed by atoms with Gasteiger partial charge < -0.3 is 20.1 Å². The third-order valence-electron chi connectivity index (χ3n) is 3.54. The Balaban J connectivity index is 1.82. The molecule has 2 aromatic carbocycles. The molecule has 0 aliphatic rings. The number of para-hydroxylation sites is 2. The fourth-order valence-corrected chi connectivity index (χ4v) is 2.37. The van der Waals surface area contributed by atoms with Crippen molar-refractivity contribution >= 4 is 40.8 Å². The molecule has 0 aliphatic carbocycles. The molecule has 2 rings (SSSR count). The van der Waals surface area contributed by atoms with Crippen molar-refractivity contribution in [2.45, 2.75) is 0 Å². The van der Waals surface area contributed by atoms with E-state index in [0.717, 1.165) is 6.07 Å². The van der Waals surface area contributed by atoms with Gasteiger partial charge in [0.2, 0.25) is 0 Å². The predicted octanol–water partition coefficient (Wildman–Crippen LogP) is 2.17. The van der Waals surface area contributed by atoms with E-state index in [4.69, 9.17) is 21.1 Å². The molecule has 11 heteroatoms. The Morgan fingerprint density at radius 1 is 1.17 bits per heavy atom. The summed E-state index contributed by atoms with van der Waals surface area (Å²) in [6.07, 6.45) is 0. The van der Waals surface area contributed by atoms with Crippen LogP contribution in [0.15, 0.2) is 42.5 Å². The van der Waals surface area contributed by atoms with E-state index < -0.39 is 41.5 Å². The molecule has 2 amide bonds. The van der Waals surface area contributed by atoms with Crippen molar-refractivity contribution in [3.63, 3.8) is 0 Å². The summed E-state index contributed by atoms with van der Waals surface area (Å²) >= 11 is 5.68. The SMILES string of the molecule is COc1ccccc1NC(=O)COC(=O)CNC(=O)c1ccc(Cl)c([N+](=O)[O-])c1. The number of ether oxygens (including phenoxy) is 2. The normalized spacial score (nSPS) is 10.0. The van der Waals surface area contributed by atoms with Crippen LogP contribution in [0.2, 0.25) is 5.02 Å². The zero-order valence-corrected chi connectivity index (χ0v) is 15.9. The number of amides is 2. The van der Waals surface area contributed by atoms with Crippen molar-refractivity contribution in [2.24, 2.45) is 0 Å². The number of nitro groups is 1. The first-order chi connectivity index (χ1) is 13.8. The molecule has 0 spiro atoms. The van der Waals surface area contributed by atoms with Gasteiger partial charge in [-0.1, -0.05) is 23.7 Å². The minimum atomic E-state index is -0.864. The van der Waals surface area contributed by atoms with Gasteiger partial charge in [0.25, 0.3) is 17.5 Å². The quantitative estimate of drug-likeness (QED) is 0.378. The second-order valence-electron chi connectivity index (χ2n) is 5.52. The molecule has 0 fully saturated rings. The first kappa shape index (κ1) is 21.6. The van der Waals surface area contributed by atoms with Crippen molar-refractivity contribution in [3.05, 3.63) is 63.2 Å². The summed E-state index contributed by atoms with van der Waals surface area (Å²) in [6, 6.07) is 10.2. The molecule has 2 N–H and O–H groups in total. The third kappa shape index (κ3) is 6.18. The first-order valence-electron chi connectivity index (χ1n) is 8.12. The van der Waals surface area contributed by atoms with Crippen molar-refractivity contribution in [1.29, 1.82) is 0 Å². The lowest BCUT2D eigenvalue weighted by atomic mass is 10.2. The van der Waals surface area contributed by atoms with E-state index >= 15 is 0 Å². The molecular formula is C18H16ClN3O7. The molecule has 0 aliphatic heterocycles. The number of rotatable bonds is 8. The molecule has 0 atom stereocenters. The van der Waals surface area contributed by atoms with E-state index in [9.17, 15) is 24.5 Å². The van der Waals surface area contributed by atoms with Gasteiger partial charge in [0.1, 0.15) is 17.3 Å². The Morgan fingerprint density at radius 3 is 2.59 bits per heavy atom. The Hall–Kier alpha value is -3.66. The van der Waals surface area contributed by atoms with Gasteiger partial charge >= 0.3 is 5.97 Å². The van der Waals surface area contributed by atoms with E-state index in [0.29, 0.717) is 11.4 Å². The lowest BCUT2D eigenvalue weighted by Crippen LogP contribution is -2.32.